The van der Waals surface area contributed by atoms with Gasteiger partial charge in [-0.15, -0.1) is 0 Å². The van der Waals surface area contributed by atoms with E-state index in [9.17, 15) is 24.5 Å². The number of amides is 2. The van der Waals surface area contributed by atoms with Gasteiger partial charge in [0.15, 0.2) is 0 Å². The molecule has 1 aliphatic heterocycles. The Kier molecular flexibility index (Phi) is 5.50. The molecule has 1 aromatic heterocycles. The number of imide groups is 1. The molecular weight excluding hydrogens is 416 g/mol. The summed E-state index contributed by atoms with van der Waals surface area (Å²) in [7, 11) is 1.45. The molecule has 0 N–H and O–H groups in total. The molecule has 2 aromatic carbocycles. The number of ether oxygens (including phenoxy) is 1. The van der Waals surface area contributed by atoms with Gasteiger partial charge in [-0.1, -0.05) is 24.3 Å². The van der Waals surface area contributed by atoms with Gasteiger partial charge in [0.2, 0.25) is 6.54 Å². The van der Waals surface area contributed by atoms with Gasteiger partial charge in [0.05, 0.1) is 24.2 Å². The largest absolute Gasteiger partial charge is 0.497 e. The van der Waals surface area contributed by atoms with Crippen molar-refractivity contribution in [3.8, 4) is 5.75 Å². The number of carbonyl (C=O) groups is 3. The van der Waals surface area contributed by atoms with E-state index in [0.717, 1.165) is 9.58 Å². The minimum absolute atomic E-state index is 0.141. The average molecular weight is 434 g/mol. The van der Waals surface area contributed by atoms with Gasteiger partial charge < -0.3 is 4.74 Å². The standard InChI is InChI=1S/C22H18N4O6/c1-32-15-7-4-6-14(12-15)19(22(29)24-11-5-10-23-24)18(13-25(30)31)26-20(27)16-8-2-3-9-17(16)21(26)28/h2-12,18-19H,13H2,1H3/t18-,19-/m0/s1. The van der Waals surface area contributed by atoms with Gasteiger partial charge in [-0.25, -0.2) is 4.68 Å². The summed E-state index contributed by atoms with van der Waals surface area (Å²) in [4.78, 5) is 51.5. The summed E-state index contributed by atoms with van der Waals surface area (Å²) in [5.41, 5.74) is 0.636. The lowest BCUT2D eigenvalue weighted by Crippen LogP contribution is -2.50. The van der Waals surface area contributed by atoms with Crippen LogP contribution >= 0.6 is 0 Å². The summed E-state index contributed by atoms with van der Waals surface area (Å²) >= 11 is 0. The Balaban J connectivity index is 1.87. The molecule has 10 nitrogen and oxygen atoms in total. The number of fused-ring (bicyclic) bond motifs is 1. The van der Waals surface area contributed by atoms with Crippen LogP contribution in [0.4, 0.5) is 0 Å². The monoisotopic (exact) mass is 434 g/mol. The summed E-state index contributed by atoms with van der Waals surface area (Å²) < 4.78 is 6.28. The zero-order chi connectivity index (χ0) is 22.8. The first-order valence-electron chi connectivity index (χ1n) is 9.69. The molecule has 0 spiro atoms. The number of carbonyl (C=O) groups excluding carboxylic acids is 3. The predicted molar refractivity (Wildman–Crippen MR) is 111 cm³/mol. The third-order valence-corrected chi connectivity index (χ3v) is 5.33. The number of methoxy groups -OCH3 is 1. The first-order chi connectivity index (χ1) is 15.4. The van der Waals surface area contributed by atoms with Crippen molar-refractivity contribution in [1.82, 2.24) is 14.7 Å². The lowest BCUT2D eigenvalue weighted by molar-refractivity contribution is -0.485. The maximum absolute atomic E-state index is 13.5. The van der Waals surface area contributed by atoms with Crippen LogP contribution in [-0.4, -0.2) is 57.0 Å². The SMILES string of the molecule is COc1cccc([C@H](C(=O)n2cccn2)[C@H](C[N+](=O)[O-])N2C(=O)c3ccccc3C2=O)c1. The van der Waals surface area contributed by atoms with Crippen LogP contribution in [0, 0.1) is 10.1 Å². The first kappa shape index (κ1) is 20.9. The molecule has 0 unspecified atom stereocenters. The predicted octanol–water partition coefficient (Wildman–Crippen LogP) is 2.26. The Morgan fingerprint density at radius 2 is 1.78 bits per heavy atom. The van der Waals surface area contributed by atoms with Crippen LogP contribution in [0.2, 0.25) is 0 Å². The van der Waals surface area contributed by atoms with Gasteiger partial charge in [0.1, 0.15) is 11.8 Å². The molecule has 1 aliphatic rings. The molecule has 32 heavy (non-hydrogen) atoms. The van der Waals surface area contributed by atoms with Crippen LogP contribution in [0.15, 0.2) is 67.0 Å². The molecule has 4 rings (SSSR count). The van der Waals surface area contributed by atoms with Gasteiger partial charge >= 0.3 is 0 Å². The highest BCUT2D eigenvalue weighted by molar-refractivity contribution is 6.21. The van der Waals surface area contributed by atoms with Crippen molar-refractivity contribution in [1.29, 1.82) is 0 Å². The highest BCUT2D eigenvalue weighted by Crippen LogP contribution is 2.33. The molecule has 2 amide bonds. The maximum atomic E-state index is 13.5. The van der Waals surface area contributed by atoms with E-state index in [1.165, 1.54) is 37.7 Å². The molecule has 10 heteroatoms. The summed E-state index contributed by atoms with van der Waals surface area (Å²) in [6.45, 7) is -0.819. The first-order valence-corrected chi connectivity index (χ1v) is 9.69. The van der Waals surface area contributed by atoms with E-state index in [-0.39, 0.29) is 11.1 Å². The Bertz CT molecular complexity index is 1170. The molecule has 2 atom stereocenters. The quantitative estimate of drug-likeness (QED) is 0.317. The van der Waals surface area contributed by atoms with E-state index in [4.69, 9.17) is 4.74 Å². The van der Waals surface area contributed by atoms with Crippen molar-refractivity contribution in [2.45, 2.75) is 12.0 Å². The van der Waals surface area contributed by atoms with Crippen molar-refractivity contribution in [2.75, 3.05) is 13.7 Å². The molecule has 162 valence electrons. The average Bonchev–Trinajstić information content (AvgIpc) is 3.41. The molecule has 3 aromatic rings. The number of hydrogen-bond acceptors (Lipinski definition) is 7. The highest BCUT2D eigenvalue weighted by Gasteiger charge is 2.48. The minimum Gasteiger partial charge on any atom is -0.497 e. The lowest BCUT2D eigenvalue weighted by atomic mass is 9.89. The summed E-state index contributed by atoms with van der Waals surface area (Å²) in [5, 5.41) is 15.6. The highest BCUT2D eigenvalue weighted by atomic mass is 16.6. The zero-order valence-electron chi connectivity index (χ0n) is 17.0. The van der Waals surface area contributed by atoms with E-state index in [1.807, 2.05) is 0 Å². The molecule has 0 fully saturated rings. The van der Waals surface area contributed by atoms with E-state index >= 15 is 0 Å². The van der Waals surface area contributed by atoms with Gasteiger partial charge in [0, 0.05) is 17.3 Å². The van der Waals surface area contributed by atoms with Crippen molar-refractivity contribution >= 4 is 17.7 Å². The Morgan fingerprint density at radius 1 is 1.09 bits per heavy atom. The van der Waals surface area contributed by atoms with Gasteiger partial charge in [-0.2, -0.15) is 5.10 Å². The third kappa shape index (κ3) is 3.62. The molecule has 0 saturated heterocycles. The topological polar surface area (TPSA) is 125 Å². The number of benzene rings is 2. The molecular formula is C22H18N4O6. The zero-order valence-corrected chi connectivity index (χ0v) is 17.0. The van der Waals surface area contributed by atoms with Crippen molar-refractivity contribution in [2.24, 2.45) is 0 Å². The second-order valence-electron chi connectivity index (χ2n) is 7.15. The van der Waals surface area contributed by atoms with Crippen LogP contribution in [0.5, 0.6) is 5.75 Å². The smallest absolute Gasteiger partial charge is 0.262 e. The summed E-state index contributed by atoms with van der Waals surface area (Å²) in [6, 6.07) is 12.7. The molecule has 0 bridgehead atoms. The number of aromatic nitrogens is 2. The van der Waals surface area contributed by atoms with E-state index in [1.54, 1.807) is 36.4 Å². The van der Waals surface area contributed by atoms with Crippen LogP contribution in [0.3, 0.4) is 0 Å². The van der Waals surface area contributed by atoms with Crippen LogP contribution in [-0.2, 0) is 0 Å². The van der Waals surface area contributed by atoms with Crippen LogP contribution in [0.25, 0.3) is 0 Å². The van der Waals surface area contributed by atoms with Gasteiger partial charge in [0.25, 0.3) is 17.7 Å². The number of rotatable bonds is 7. The fourth-order valence-corrected chi connectivity index (χ4v) is 3.90. The van der Waals surface area contributed by atoms with Crippen molar-refractivity contribution in [3.63, 3.8) is 0 Å². The third-order valence-electron chi connectivity index (χ3n) is 5.33. The number of nitro groups is 1. The Morgan fingerprint density at radius 3 is 2.34 bits per heavy atom. The van der Waals surface area contributed by atoms with Gasteiger partial charge in [-0.05, 0) is 35.9 Å². The van der Waals surface area contributed by atoms with Crippen molar-refractivity contribution < 1.29 is 24.0 Å². The molecule has 0 aliphatic carbocycles. The maximum Gasteiger partial charge on any atom is 0.262 e. The second kappa shape index (κ2) is 8.42. The molecule has 2 heterocycles. The number of nitrogens with zero attached hydrogens (tertiary/aromatic N) is 4. The minimum atomic E-state index is -1.39. The van der Waals surface area contributed by atoms with E-state index in [2.05, 4.69) is 5.10 Å². The lowest BCUT2D eigenvalue weighted by Gasteiger charge is -2.30. The molecule has 0 radical (unpaired) electrons. The number of hydrogen-bond donors (Lipinski definition) is 0. The van der Waals surface area contributed by atoms with E-state index < -0.39 is 41.1 Å². The van der Waals surface area contributed by atoms with Crippen LogP contribution in [0.1, 0.15) is 37.0 Å². The fraction of sp³-hybridized carbons (Fsp3) is 0.182. The Hall–Kier alpha value is -4.34. The fourth-order valence-electron chi connectivity index (χ4n) is 3.90. The van der Waals surface area contributed by atoms with Gasteiger partial charge in [-0.3, -0.25) is 29.4 Å². The second-order valence-corrected chi connectivity index (χ2v) is 7.15. The molecule has 0 saturated carbocycles. The van der Waals surface area contributed by atoms with Crippen molar-refractivity contribution in [3.05, 3.63) is 93.8 Å². The van der Waals surface area contributed by atoms with Crippen LogP contribution < -0.4 is 4.74 Å². The summed E-state index contributed by atoms with van der Waals surface area (Å²) in [5.74, 6) is -2.82. The van der Waals surface area contributed by atoms with E-state index in [0.29, 0.717) is 11.3 Å². The Labute approximate surface area is 182 Å². The summed E-state index contributed by atoms with van der Waals surface area (Å²) in [6.07, 6.45) is 2.80. The normalized spacial score (nSPS) is 14.7.